The van der Waals surface area contributed by atoms with Gasteiger partial charge < -0.3 is 5.11 Å². The molecule has 0 bridgehead atoms. The van der Waals surface area contributed by atoms with E-state index in [0.717, 1.165) is 0 Å². The first kappa shape index (κ1) is 11.0. The van der Waals surface area contributed by atoms with Crippen molar-refractivity contribution in [3.8, 4) is 6.07 Å². The smallest absolute Gasteiger partial charge is 0.145 e. The molecule has 0 saturated heterocycles. The lowest BCUT2D eigenvalue weighted by atomic mass is 10.0. The highest BCUT2D eigenvalue weighted by molar-refractivity contribution is 6.30. The molecule has 4 heteroatoms. The molecule has 0 aliphatic carbocycles. The number of hydrogen-bond acceptors (Lipinski definition) is 2. The zero-order chi connectivity index (χ0) is 10.6. The Kier molecular flexibility index (Phi) is 3.87. The molecule has 0 radical (unpaired) electrons. The summed E-state index contributed by atoms with van der Waals surface area (Å²) in [5.74, 6) is -1.09. The molecule has 0 aromatic heterocycles. The van der Waals surface area contributed by atoms with Gasteiger partial charge in [-0.05, 0) is 18.1 Å². The van der Waals surface area contributed by atoms with Gasteiger partial charge in [-0.1, -0.05) is 23.7 Å². The van der Waals surface area contributed by atoms with Crippen molar-refractivity contribution >= 4 is 11.6 Å². The standard InChI is InChI=1S/C10H9ClFNO/c11-9-3-1-2-8(10(9)12)4-7(5-13)6-14/h1-3,7,14H,4,6H2. The minimum Gasteiger partial charge on any atom is -0.395 e. The van der Waals surface area contributed by atoms with E-state index in [2.05, 4.69) is 0 Å². The van der Waals surface area contributed by atoms with Gasteiger partial charge in [0.1, 0.15) is 5.82 Å². The quantitative estimate of drug-likeness (QED) is 0.836. The van der Waals surface area contributed by atoms with Crippen LogP contribution in [-0.2, 0) is 6.42 Å². The molecule has 0 amide bonds. The Morgan fingerprint density at radius 3 is 2.86 bits per heavy atom. The summed E-state index contributed by atoms with van der Waals surface area (Å²) < 4.78 is 13.3. The van der Waals surface area contributed by atoms with Crippen molar-refractivity contribution in [2.24, 2.45) is 5.92 Å². The first-order chi connectivity index (χ1) is 6.69. The molecule has 0 fully saturated rings. The van der Waals surface area contributed by atoms with Crippen LogP contribution >= 0.6 is 11.6 Å². The predicted octanol–water partition coefficient (Wildman–Crippen LogP) is 2.15. The summed E-state index contributed by atoms with van der Waals surface area (Å²) in [6, 6.07) is 6.51. The van der Waals surface area contributed by atoms with Crippen molar-refractivity contribution in [2.45, 2.75) is 6.42 Å². The van der Waals surface area contributed by atoms with E-state index >= 15 is 0 Å². The topological polar surface area (TPSA) is 44.0 Å². The van der Waals surface area contributed by atoms with Gasteiger partial charge in [-0.15, -0.1) is 0 Å². The Hall–Kier alpha value is -1.11. The predicted molar refractivity (Wildman–Crippen MR) is 51.3 cm³/mol. The van der Waals surface area contributed by atoms with Gasteiger partial charge in [0, 0.05) is 0 Å². The van der Waals surface area contributed by atoms with Crippen molar-refractivity contribution in [1.82, 2.24) is 0 Å². The normalized spacial score (nSPS) is 12.1. The van der Waals surface area contributed by atoms with Crippen molar-refractivity contribution in [2.75, 3.05) is 6.61 Å². The van der Waals surface area contributed by atoms with E-state index in [-0.39, 0.29) is 18.1 Å². The third-order valence-electron chi connectivity index (χ3n) is 1.90. The number of nitrogens with zero attached hydrogens (tertiary/aromatic N) is 1. The van der Waals surface area contributed by atoms with E-state index < -0.39 is 11.7 Å². The van der Waals surface area contributed by atoms with E-state index in [4.69, 9.17) is 22.0 Å². The Labute approximate surface area is 86.5 Å². The first-order valence-electron chi connectivity index (χ1n) is 4.12. The van der Waals surface area contributed by atoms with Crippen LogP contribution in [0.25, 0.3) is 0 Å². The van der Waals surface area contributed by atoms with Gasteiger partial charge in [0.2, 0.25) is 0 Å². The second kappa shape index (κ2) is 4.94. The van der Waals surface area contributed by atoms with E-state index in [1.807, 2.05) is 6.07 Å². The molecule has 74 valence electrons. The molecule has 0 heterocycles. The highest BCUT2D eigenvalue weighted by Crippen LogP contribution is 2.20. The second-order valence-corrected chi connectivity index (χ2v) is 3.33. The monoisotopic (exact) mass is 213 g/mol. The van der Waals surface area contributed by atoms with Gasteiger partial charge >= 0.3 is 0 Å². The number of nitriles is 1. The van der Waals surface area contributed by atoms with Crippen LogP contribution < -0.4 is 0 Å². The van der Waals surface area contributed by atoms with Crippen LogP contribution in [0.4, 0.5) is 4.39 Å². The van der Waals surface area contributed by atoms with Crippen molar-refractivity contribution in [1.29, 1.82) is 5.26 Å². The fourth-order valence-electron chi connectivity index (χ4n) is 1.12. The molecule has 1 aromatic carbocycles. The van der Waals surface area contributed by atoms with Crippen LogP contribution in [0.5, 0.6) is 0 Å². The van der Waals surface area contributed by atoms with E-state index in [9.17, 15) is 4.39 Å². The molecule has 1 atom stereocenters. The Morgan fingerprint density at radius 1 is 1.57 bits per heavy atom. The summed E-state index contributed by atoms with van der Waals surface area (Å²) in [5.41, 5.74) is 0.359. The van der Waals surface area contributed by atoms with Crippen molar-refractivity contribution in [3.05, 3.63) is 34.6 Å². The maximum absolute atomic E-state index is 13.3. The Bertz CT molecular complexity index is 362. The van der Waals surface area contributed by atoms with Gasteiger partial charge in [-0.2, -0.15) is 5.26 Å². The van der Waals surface area contributed by atoms with Crippen LogP contribution in [0.2, 0.25) is 5.02 Å². The largest absolute Gasteiger partial charge is 0.395 e. The molecule has 1 N–H and O–H groups in total. The zero-order valence-electron chi connectivity index (χ0n) is 7.37. The van der Waals surface area contributed by atoms with E-state index in [1.54, 1.807) is 12.1 Å². The molecule has 0 aliphatic heterocycles. The highest BCUT2D eigenvalue weighted by atomic mass is 35.5. The molecule has 1 aromatic rings. The minimum absolute atomic E-state index is 0.0390. The van der Waals surface area contributed by atoms with Crippen LogP contribution in [0.1, 0.15) is 5.56 Å². The van der Waals surface area contributed by atoms with Gasteiger partial charge in [-0.3, -0.25) is 0 Å². The average Bonchev–Trinajstić information content (AvgIpc) is 2.20. The molecule has 0 aliphatic rings. The molecular weight excluding hydrogens is 205 g/mol. The molecule has 2 nitrogen and oxygen atoms in total. The van der Waals surface area contributed by atoms with Crippen LogP contribution in [-0.4, -0.2) is 11.7 Å². The fourth-order valence-corrected chi connectivity index (χ4v) is 1.32. The summed E-state index contributed by atoms with van der Waals surface area (Å²) in [6.07, 6.45) is 0.180. The van der Waals surface area contributed by atoms with Crippen molar-refractivity contribution in [3.63, 3.8) is 0 Å². The summed E-state index contributed by atoms with van der Waals surface area (Å²) in [5, 5.41) is 17.4. The SMILES string of the molecule is N#CC(CO)Cc1cccc(Cl)c1F. The molecule has 1 rings (SSSR count). The van der Waals surface area contributed by atoms with Gasteiger partial charge in [0.05, 0.1) is 23.6 Å². The maximum Gasteiger partial charge on any atom is 0.145 e. The van der Waals surface area contributed by atoms with E-state index in [1.165, 1.54) is 6.07 Å². The lowest BCUT2D eigenvalue weighted by molar-refractivity contribution is 0.255. The highest BCUT2D eigenvalue weighted by Gasteiger charge is 2.12. The second-order valence-electron chi connectivity index (χ2n) is 2.93. The summed E-state index contributed by atoms with van der Waals surface area (Å²) >= 11 is 5.56. The molecule has 1 unspecified atom stereocenters. The summed E-state index contributed by atoms with van der Waals surface area (Å²) in [4.78, 5) is 0. The van der Waals surface area contributed by atoms with Crippen LogP contribution in [0, 0.1) is 23.1 Å². The first-order valence-corrected chi connectivity index (χ1v) is 4.50. The van der Waals surface area contributed by atoms with Gasteiger partial charge in [-0.25, -0.2) is 4.39 Å². The molecular formula is C10H9ClFNO. The minimum atomic E-state index is -0.581. The molecule has 0 saturated carbocycles. The molecule has 14 heavy (non-hydrogen) atoms. The number of aliphatic hydroxyl groups excluding tert-OH is 1. The summed E-state index contributed by atoms with van der Waals surface area (Å²) in [7, 11) is 0. The lowest BCUT2D eigenvalue weighted by Crippen LogP contribution is -2.08. The number of halogens is 2. The number of rotatable bonds is 3. The summed E-state index contributed by atoms with van der Waals surface area (Å²) in [6.45, 7) is -0.275. The Balaban J connectivity index is 2.87. The average molecular weight is 214 g/mol. The van der Waals surface area contributed by atoms with Crippen LogP contribution in [0.3, 0.4) is 0 Å². The number of aliphatic hydroxyl groups is 1. The van der Waals surface area contributed by atoms with Crippen LogP contribution in [0.15, 0.2) is 18.2 Å². The lowest BCUT2D eigenvalue weighted by Gasteiger charge is -2.06. The van der Waals surface area contributed by atoms with Crippen molar-refractivity contribution < 1.29 is 9.50 Å². The third-order valence-corrected chi connectivity index (χ3v) is 2.19. The molecule has 0 spiro atoms. The van der Waals surface area contributed by atoms with Gasteiger partial charge in [0.15, 0.2) is 0 Å². The zero-order valence-corrected chi connectivity index (χ0v) is 8.13. The number of benzene rings is 1. The van der Waals surface area contributed by atoms with Gasteiger partial charge in [0.25, 0.3) is 0 Å². The number of hydrogen-bond donors (Lipinski definition) is 1. The Morgan fingerprint density at radius 2 is 2.29 bits per heavy atom. The third kappa shape index (κ3) is 2.44. The fraction of sp³-hybridized carbons (Fsp3) is 0.300. The maximum atomic E-state index is 13.3. The van der Waals surface area contributed by atoms with E-state index in [0.29, 0.717) is 5.56 Å².